The number of aromatic nitrogens is 4. The van der Waals surface area contributed by atoms with Gasteiger partial charge in [-0.05, 0) is 11.8 Å². The van der Waals surface area contributed by atoms with Gasteiger partial charge in [-0.1, -0.05) is 6.92 Å². The van der Waals surface area contributed by atoms with E-state index in [1.165, 1.54) is 4.80 Å². The van der Waals surface area contributed by atoms with Crippen LogP contribution in [0.2, 0.25) is 0 Å². The van der Waals surface area contributed by atoms with E-state index in [-0.39, 0.29) is 0 Å². The highest BCUT2D eigenvalue weighted by molar-refractivity contribution is 7.99. The number of nitriles is 1. The Morgan fingerprint density at radius 3 is 2.81 bits per heavy atom. The zero-order valence-electron chi connectivity index (χ0n) is 8.66. The molecular formula is C10H9N5S. The van der Waals surface area contributed by atoms with Gasteiger partial charge in [0.05, 0.1) is 18.6 Å². The average molecular weight is 231 g/mol. The van der Waals surface area contributed by atoms with Crippen molar-refractivity contribution in [2.24, 2.45) is 0 Å². The Morgan fingerprint density at radius 2 is 2.19 bits per heavy atom. The van der Waals surface area contributed by atoms with Gasteiger partial charge in [-0.15, -0.1) is 11.8 Å². The molecule has 2 rings (SSSR count). The van der Waals surface area contributed by atoms with Crippen LogP contribution in [-0.2, 0) is 0 Å². The molecular weight excluding hydrogens is 222 g/mol. The second-order valence-electron chi connectivity index (χ2n) is 2.90. The van der Waals surface area contributed by atoms with Crippen molar-refractivity contribution in [2.75, 3.05) is 5.75 Å². The highest BCUT2D eigenvalue weighted by Crippen LogP contribution is 2.22. The first kappa shape index (κ1) is 10.6. The van der Waals surface area contributed by atoms with E-state index in [4.69, 9.17) is 5.26 Å². The minimum atomic E-state index is 0.447. The third kappa shape index (κ3) is 2.04. The SMILES string of the molecule is CCSc1cc(-n2nccn2)cnc1C#N. The van der Waals surface area contributed by atoms with Gasteiger partial charge in [-0.2, -0.15) is 20.3 Å². The normalized spacial score (nSPS) is 10.0. The molecule has 2 aromatic heterocycles. The fourth-order valence-corrected chi connectivity index (χ4v) is 1.99. The van der Waals surface area contributed by atoms with Crippen molar-refractivity contribution in [1.82, 2.24) is 20.0 Å². The number of nitrogens with zero attached hydrogens (tertiary/aromatic N) is 5. The first-order valence-electron chi connectivity index (χ1n) is 4.74. The van der Waals surface area contributed by atoms with Gasteiger partial charge >= 0.3 is 0 Å². The molecule has 0 bridgehead atoms. The monoisotopic (exact) mass is 231 g/mol. The van der Waals surface area contributed by atoms with Gasteiger partial charge in [0, 0.05) is 4.90 Å². The predicted molar refractivity (Wildman–Crippen MR) is 60.3 cm³/mol. The average Bonchev–Trinajstić information content (AvgIpc) is 2.83. The molecule has 0 N–H and O–H groups in total. The van der Waals surface area contributed by atoms with Crippen molar-refractivity contribution >= 4 is 11.8 Å². The van der Waals surface area contributed by atoms with Crippen LogP contribution in [0.5, 0.6) is 0 Å². The number of rotatable bonds is 3. The Bertz CT molecular complexity index is 515. The molecule has 0 radical (unpaired) electrons. The minimum absolute atomic E-state index is 0.447. The summed E-state index contributed by atoms with van der Waals surface area (Å²) in [7, 11) is 0. The van der Waals surface area contributed by atoms with Gasteiger partial charge in [0.25, 0.3) is 0 Å². The topological polar surface area (TPSA) is 67.4 Å². The fourth-order valence-electron chi connectivity index (χ4n) is 1.24. The molecule has 0 aliphatic rings. The van der Waals surface area contributed by atoms with Gasteiger partial charge in [-0.25, -0.2) is 4.98 Å². The summed E-state index contributed by atoms with van der Waals surface area (Å²) >= 11 is 1.58. The standard InChI is InChI=1S/C10H9N5S/c1-2-16-10-5-8(7-12-9(10)6-11)15-13-3-4-14-15/h3-5,7H,2H2,1H3. The van der Waals surface area contributed by atoms with Crippen LogP contribution in [0.3, 0.4) is 0 Å². The van der Waals surface area contributed by atoms with Crippen LogP contribution in [0.15, 0.2) is 29.6 Å². The lowest BCUT2D eigenvalue weighted by Crippen LogP contribution is -2.00. The number of thioether (sulfide) groups is 1. The second-order valence-corrected chi connectivity index (χ2v) is 4.21. The molecule has 0 saturated carbocycles. The molecule has 0 saturated heterocycles. The molecule has 2 aromatic rings. The van der Waals surface area contributed by atoms with Gasteiger partial charge in [0.2, 0.25) is 0 Å². The second kappa shape index (κ2) is 4.77. The summed E-state index contributed by atoms with van der Waals surface area (Å²) < 4.78 is 0. The van der Waals surface area contributed by atoms with Crippen LogP contribution >= 0.6 is 11.8 Å². The van der Waals surface area contributed by atoms with Crippen LogP contribution in [0.1, 0.15) is 12.6 Å². The summed E-state index contributed by atoms with van der Waals surface area (Å²) in [5.41, 5.74) is 1.21. The number of hydrogen-bond acceptors (Lipinski definition) is 5. The van der Waals surface area contributed by atoms with Crippen LogP contribution < -0.4 is 0 Å². The van der Waals surface area contributed by atoms with Gasteiger partial charge in [0.1, 0.15) is 11.8 Å². The first-order valence-corrected chi connectivity index (χ1v) is 5.73. The highest BCUT2D eigenvalue weighted by Gasteiger charge is 2.06. The van der Waals surface area contributed by atoms with Crippen molar-refractivity contribution < 1.29 is 0 Å². The first-order chi connectivity index (χ1) is 7.85. The lowest BCUT2D eigenvalue weighted by atomic mass is 10.3. The predicted octanol–water partition coefficient (Wildman–Crippen LogP) is 1.65. The zero-order valence-corrected chi connectivity index (χ0v) is 9.48. The third-order valence-electron chi connectivity index (χ3n) is 1.89. The maximum Gasteiger partial charge on any atom is 0.154 e. The van der Waals surface area contributed by atoms with Crippen LogP contribution in [0, 0.1) is 11.3 Å². The summed E-state index contributed by atoms with van der Waals surface area (Å²) in [6, 6.07) is 3.95. The highest BCUT2D eigenvalue weighted by atomic mass is 32.2. The van der Waals surface area contributed by atoms with Crippen molar-refractivity contribution in [3.63, 3.8) is 0 Å². The van der Waals surface area contributed by atoms with E-state index in [1.807, 2.05) is 13.0 Å². The quantitative estimate of drug-likeness (QED) is 0.751. The largest absolute Gasteiger partial charge is 0.242 e. The molecule has 0 aliphatic carbocycles. The molecule has 0 spiro atoms. The Morgan fingerprint density at radius 1 is 1.44 bits per heavy atom. The molecule has 0 amide bonds. The summed E-state index contributed by atoms with van der Waals surface area (Å²) in [5, 5.41) is 16.9. The molecule has 5 nitrogen and oxygen atoms in total. The van der Waals surface area contributed by atoms with Crippen molar-refractivity contribution in [1.29, 1.82) is 5.26 Å². The maximum atomic E-state index is 8.90. The zero-order chi connectivity index (χ0) is 11.4. The van der Waals surface area contributed by atoms with E-state index >= 15 is 0 Å². The number of pyridine rings is 1. The fraction of sp³-hybridized carbons (Fsp3) is 0.200. The van der Waals surface area contributed by atoms with Crippen LogP contribution in [-0.4, -0.2) is 25.7 Å². The third-order valence-corrected chi connectivity index (χ3v) is 2.80. The molecule has 2 heterocycles. The molecule has 0 fully saturated rings. The Balaban J connectivity index is 2.44. The lowest BCUT2D eigenvalue weighted by molar-refractivity contribution is 0.745. The summed E-state index contributed by atoms with van der Waals surface area (Å²) in [5.74, 6) is 0.895. The Hall–Kier alpha value is -1.87. The van der Waals surface area contributed by atoms with Crippen molar-refractivity contribution in [3.8, 4) is 11.8 Å². The molecule has 0 aromatic carbocycles. The van der Waals surface area contributed by atoms with Gasteiger partial charge < -0.3 is 0 Å². The molecule has 80 valence electrons. The maximum absolute atomic E-state index is 8.90. The van der Waals surface area contributed by atoms with Gasteiger partial charge in [-0.3, -0.25) is 0 Å². The molecule has 0 atom stereocenters. The van der Waals surface area contributed by atoms with E-state index < -0.39 is 0 Å². The number of hydrogen-bond donors (Lipinski definition) is 0. The minimum Gasteiger partial charge on any atom is -0.242 e. The molecule has 16 heavy (non-hydrogen) atoms. The van der Waals surface area contributed by atoms with Crippen LogP contribution in [0.25, 0.3) is 5.69 Å². The van der Waals surface area contributed by atoms with E-state index in [0.29, 0.717) is 5.69 Å². The lowest BCUT2D eigenvalue weighted by Gasteiger charge is -2.04. The molecule has 0 aliphatic heterocycles. The Labute approximate surface area is 97.1 Å². The van der Waals surface area contributed by atoms with E-state index in [2.05, 4.69) is 21.3 Å². The van der Waals surface area contributed by atoms with E-state index in [9.17, 15) is 0 Å². The van der Waals surface area contributed by atoms with E-state index in [1.54, 1.807) is 30.4 Å². The summed E-state index contributed by atoms with van der Waals surface area (Å²) in [4.78, 5) is 6.43. The van der Waals surface area contributed by atoms with Crippen LogP contribution in [0.4, 0.5) is 0 Å². The smallest absolute Gasteiger partial charge is 0.154 e. The Kier molecular flexibility index (Phi) is 3.17. The van der Waals surface area contributed by atoms with E-state index in [0.717, 1.165) is 16.3 Å². The molecule has 6 heteroatoms. The van der Waals surface area contributed by atoms with Gasteiger partial charge in [0.15, 0.2) is 5.69 Å². The summed E-state index contributed by atoms with van der Waals surface area (Å²) in [6.45, 7) is 2.03. The molecule has 0 unspecified atom stereocenters. The van der Waals surface area contributed by atoms with Crippen molar-refractivity contribution in [3.05, 3.63) is 30.4 Å². The van der Waals surface area contributed by atoms with Crippen molar-refractivity contribution in [2.45, 2.75) is 11.8 Å². The summed E-state index contributed by atoms with van der Waals surface area (Å²) in [6.07, 6.45) is 4.80.